The first-order chi connectivity index (χ1) is 15.7. The van der Waals surface area contributed by atoms with Crippen LogP contribution in [0.1, 0.15) is 33.9 Å². The summed E-state index contributed by atoms with van der Waals surface area (Å²) in [5, 5.41) is 0.832. The molecule has 4 heterocycles. The lowest BCUT2D eigenvalue weighted by Crippen LogP contribution is -3.00. The van der Waals surface area contributed by atoms with Crippen LogP contribution in [0.15, 0.2) is 48.5 Å². The van der Waals surface area contributed by atoms with Crippen molar-refractivity contribution >= 4 is 11.6 Å². The van der Waals surface area contributed by atoms with Crippen molar-refractivity contribution in [3.8, 4) is 23.0 Å². The van der Waals surface area contributed by atoms with Gasteiger partial charge in [-0.25, -0.2) is 0 Å². The molecule has 5 nitrogen and oxygen atoms in total. The molecule has 0 saturated heterocycles. The first kappa shape index (κ1) is 21.1. The molecule has 0 aliphatic carbocycles. The Morgan fingerprint density at radius 3 is 2.55 bits per heavy atom. The topological polar surface area (TPSA) is 36.9 Å². The van der Waals surface area contributed by atoms with E-state index in [2.05, 4.69) is 36.4 Å². The van der Waals surface area contributed by atoms with Crippen molar-refractivity contribution in [2.45, 2.75) is 32.0 Å². The Balaban J connectivity index is 0.00000206. The van der Waals surface area contributed by atoms with Crippen molar-refractivity contribution in [3.05, 3.63) is 81.4 Å². The van der Waals surface area contributed by atoms with Crippen molar-refractivity contribution in [2.75, 3.05) is 20.1 Å². The van der Waals surface area contributed by atoms with E-state index in [0.29, 0.717) is 19.6 Å². The Kier molecular flexibility index (Phi) is 5.02. The van der Waals surface area contributed by atoms with Gasteiger partial charge in [0.2, 0.25) is 13.6 Å². The number of hydrogen-bond acceptors (Lipinski definition) is 4. The average Bonchev–Trinajstić information content (AvgIpc) is 3.47. The van der Waals surface area contributed by atoms with E-state index in [-0.39, 0.29) is 17.0 Å². The lowest BCUT2D eigenvalue weighted by Gasteiger charge is -2.51. The van der Waals surface area contributed by atoms with Crippen molar-refractivity contribution in [1.82, 2.24) is 0 Å². The largest absolute Gasteiger partial charge is 1.00 e. The molecule has 7 rings (SSSR count). The highest BCUT2D eigenvalue weighted by atomic mass is 79.9. The van der Waals surface area contributed by atoms with Crippen LogP contribution >= 0.6 is 11.6 Å². The van der Waals surface area contributed by atoms with Gasteiger partial charge in [0.15, 0.2) is 23.0 Å². The molecular formula is C26H23BrClNO4. The maximum absolute atomic E-state index is 6.65. The Hall–Kier alpha value is -2.41. The van der Waals surface area contributed by atoms with Crippen LogP contribution in [0.4, 0.5) is 0 Å². The van der Waals surface area contributed by atoms with E-state index >= 15 is 0 Å². The van der Waals surface area contributed by atoms with Crippen LogP contribution in [0, 0.1) is 0 Å². The zero-order chi connectivity index (χ0) is 21.3. The summed E-state index contributed by atoms with van der Waals surface area (Å²) in [6.45, 7) is 3.40. The zero-order valence-electron chi connectivity index (χ0n) is 18.0. The van der Waals surface area contributed by atoms with Crippen molar-refractivity contribution in [3.63, 3.8) is 0 Å². The van der Waals surface area contributed by atoms with Crippen molar-refractivity contribution in [1.29, 1.82) is 0 Å². The molecule has 0 fully saturated rings. The van der Waals surface area contributed by atoms with E-state index < -0.39 is 0 Å². The van der Waals surface area contributed by atoms with E-state index in [1.807, 2.05) is 12.1 Å². The normalized spacial score (nSPS) is 23.2. The molecule has 0 aromatic heterocycles. The molecule has 7 heteroatoms. The first-order valence-electron chi connectivity index (χ1n) is 11.1. The minimum Gasteiger partial charge on any atom is -1.00 e. The van der Waals surface area contributed by atoms with Crippen LogP contribution in [0.2, 0.25) is 5.02 Å². The number of fused-ring (bicyclic) bond motifs is 7. The van der Waals surface area contributed by atoms with E-state index in [9.17, 15) is 0 Å². The predicted octanol–water partition coefficient (Wildman–Crippen LogP) is 2.17. The van der Waals surface area contributed by atoms with Gasteiger partial charge in [-0.15, -0.1) is 0 Å². The third-order valence-corrected chi connectivity index (χ3v) is 7.92. The second-order valence-corrected chi connectivity index (χ2v) is 9.57. The molecule has 4 aliphatic heterocycles. The molecule has 0 N–H and O–H groups in total. The number of rotatable bonds is 2. The van der Waals surface area contributed by atoms with Crippen LogP contribution in [-0.2, 0) is 25.9 Å². The number of halogens is 2. The maximum Gasteiger partial charge on any atom is 0.231 e. The molecule has 0 saturated carbocycles. The van der Waals surface area contributed by atoms with E-state index in [1.165, 1.54) is 27.8 Å². The van der Waals surface area contributed by atoms with Crippen molar-refractivity contribution < 1.29 is 40.4 Å². The van der Waals surface area contributed by atoms with Gasteiger partial charge in [0.05, 0.1) is 12.1 Å². The summed E-state index contributed by atoms with van der Waals surface area (Å²) in [7, 11) is 0. The summed E-state index contributed by atoms with van der Waals surface area (Å²) in [5.74, 6) is 3.51. The number of quaternary nitrogens is 1. The van der Waals surface area contributed by atoms with Gasteiger partial charge < -0.3 is 40.4 Å². The van der Waals surface area contributed by atoms with E-state index in [4.69, 9.17) is 30.5 Å². The van der Waals surface area contributed by atoms with Crippen LogP contribution < -0.4 is 35.9 Å². The van der Waals surface area contributed by atoms with Crippen LogP contribution in [0.3, 0.4) is 0 Å². The summed E-state index contributed by atoms with van der Waals surface area (Å²) >= 11 is 6.65. The van der Waals surface area contributed by atoms with E-state index in [1.54, 1.807) is 0 Å². The molecular weight excluding hydrogens is 506 g/mol. The zero-order valence-corrected chi connectivity index (χ0v) is 20.3. The SMILES string of the molecule is Clc1ccccc1C[N+]12CCc3cc4c(cc3C1Cc1ccc3c(c1C2)OCO3)OCO4.[Br-]. The Labute approximate surface area is 208 Å². The molecule has 170 valence electrons. The molecule has 2 atom stereocenters. The molecule has 0 spiro atoms. The molecule has 2 unspecified atom stereocenters. The molecule has 33 heavy (non-hydrogen) atoms. The minimum absolute atomic E-state index is 0. The van der Waals surface area contributed by atoms with Crippen LogP contribution in [0.5, 0.6) is 23.0 Å². The van der Waals surface area contributed by atoms with Gasteiger partial charge in [-0.1, -0.05) is 35.9 Å². The summed E-state index contributed by atoms with van der Waals surface area (Å²) in [5.41, 5.74) is 6.56. The quantitative estimate of drug-likeness (QED) is 0.478. The second-order valence-electron chi connectivity index (χ2n) is 9.16. The second kappa shape index (κ2) is 7.83. The molecule has 4 aliphatic rings. The maximum atomic E-state index is 6.65. The number of nitrogens with zero attached hydrogens (tertiary/aromatic N) is 1. The summed E-state index contributed by atoms with van der Waals surface area (Å²) < 4.78 is 24.0. The van der Waals surface area contributed by atoms with Crippen molar-refractivity contribution in [2.24, 2.45) is 0 Å². The summed E-state index contributed by atoms with van der Waals surface area (Å²) in [6.07, 6.45) is 1.94. The summed E-state index contributed by atoms with van der Waals surface area (Å²) in [4.78, 5) is 0. The lowest BCUT2D eigenvalue weighted by atomic mass is 9.80. The lowest BCUT2D eigenvalue weighted by molar-refractivity contribution is -0.985. The van der Waals surface area contributed by atoms with Gasteiger partial charge in [0.25, 0.3) is 0 Å². The standard InChI is InChI=1S/C26H23ClNO4.BrH/c27-21-4-2-1-3-18(21)12-28-8-7-17-10-24-25(31-14-30-24)11-19(17)22(28)9-16-5-6-23-26(20(16)13-28)32-15-29-23;/h1-6,10-11,22H,7-9,12-15H2;1H/q+1;/p-1. The smallest absolute Gasteiger partial charge is 0.231 e. The fraction of sp³-hybridized carbons (Fsp3) is 0.308. The van der Waals surface area contributed by atoms with Gasteiger partial charge in [-0.2, -0.15) is 0 Å². The Morgan fingerprint density at radius 2 is 1.67 bits per heavy atom. The Bertz CT molecular complexity index is 1270. The minimum atomic E-state index is 0. The fourth-order valence-electron chi connectivity index (χ4n) is 5.98. The average molecular weight is 529 g/mol. The van der Waals surface area contributed by atoms with Crippen LogP contribution in [-0.4, -0.2) is 24.6 Å². The van der Waals surface area contributed by atoms with Gasteiger partial charge in [0.1, 0.15) is 19.1 Å². The fourth-order valence-corrected chi connectivity index (χ4v) is 6.18. The monoisotopic (exact) mass is 527 g/mol. The highest BCUT2D eigenvalue weighted by Gasteiger charge is 2.48. The highest BCUT2D eigenvalue weighted by molar-refractivity contribution is 6.31. The molecule has 0 amide bonds. The van der Waals surface area contributed by atoms with Gasteiger partial charge in [0, 0.05) is 29.0 Å². The van der Waals surface area contributed by atoms with Gasteiger partial charge in [-0.05, 0) is 35.4 Å². The highest BCUT2D eigenvalue weighted by Crippen LogP contribution is 2.52. The molecule has 0 radical (unpaired) electrons. The molecule has 0 bridgehead atoms. The molecule has 3 aromatic carbocycles. The van der Waals surface area contributed by atoms with E-state index in [0.717, 1.165) is 65.0 Å². The molecule has 3 aromatic rings. The number of hydrogen-bond donors (Lipinski definition) is 0. The van der Waals surface area contributed by atoms with Gasteiger partial charge >= 0.3 is 0 Å². The third-order valence-electron chi connectivity index (χ3n) is 7.55. The number of benzene rings is 3. The first-order valence-corrected chi connectivity index (χ1v) is 11.5. The van der Waals surface area contributed by atoms with Gasteiger partial charge in [-0.3, -0.25) is 0 Å². The number of ether oxygens (including phenoxy) is 4. The van der Waals surface area contributed by atoms with Crippen LogP contribution in [0.25, 0.3) is 0 Å². The predicted molar refractivity (Wildman–Crippen MR) is 119 cm³/mol. The summed E-state index contributed by atoms with van der Waals surface area (Å²) in [6, 6.07) is 17.2. The Morgan fingerprint density at radius 1 is 0.879 bits per heavy atom. The third kappa shape index (κ3) is 3.22.